The maximum absolute atomic E-state index is 12.8. The highest BCUT2D eigenvalue weighted by molar-refractivity contribution is 5.80. The Morgan fingerprint density at radius 3 is 2.45 bits per heavy atom. The van der Waals surface area contributed by atoms with Crippen LogP contribution in [0.15, 0.2) is 48.5 Å². The molecule has 0 saturated carbocycles. The lowest BCUT2D eigenvalue weighted by Crippen LogP contribution is -2.36. The van der Waals surface area contributed by atoms with Crippen LogP contribution in [0.25, 0.3) is 0 Å². The Kier molecular flexibility index (Phi) is 6.67. The standard InChI is InChI=1S/C22H25F3N2O2/c1-16(29-20-7-5-6-18(14-20)22(23,24)25)21(28)26-15-17-8-10-19(11-9-17)27-12-3-2-4-13-27/h5-11,14,16H,2-4,12-13,15H2,1H3,(H,26,28). The van der Waals surface area contributed by atoms with Crippen molar-refractivity contribution in [2.24, 2.45) is 0 Å². The first-order chi connectivity index (χ1) is 13.8. The lowest BCUT2D eigenvalue weighted by Gasteiger charge is -2.28. The van der Waals surface area contributed by atoms with E-state index in [2.05, 4.69) is 22.3 Å². The van der Waals surface area contributed by atoms with Crippen LogP contribution in [0.3, 0.4) is 0 Å². The van der Waals surface area contributed by atoms with Crippen LogP contribution in [-0.4, -0.2) is 25.1 Å². The number of piperidine rings is 1. The van der Waals surface area contributed by atoms with Crippen molar-refractivity contribution in [3.63, 3.8) is 0 Å². The molecular weight excluding hydrogens is 381 g/mol. The molecule has 0 bridgehead atoms. The summed E-state index contributed by atoms with van der Waals surface area (Å²) in [6.07, 6.45) is -1.67. The molecule has 2 aromatic rings. The lowest BCUT2D eigenvalue weighted by molar-refractivity contribution is -0.137. The van der Waals surface area contributed by atoms with Crippen molar-refractivity contribution < 1.29 is 22.7 Å². The number of anilines is 1. The van der Waals surface area contributed by atoms with Crippen LogP contribution in [0.4, 0.5) is 18.9 Å². The predicted molar refractivity (Wildman–Crippen MR) is 106 cm³/mol. The molecule has 156 valence electrons. The Morgan fingerprint density at radius 1 is 1.10 bits per heavy atom. The fraction of sp³-hybridized carbons (Fsp3) is 0.409. The Hall–Kier alpha value is -2.70. The summed E-state index contributed by atoms with van der Waals surface area (Å²) < 4.78 is 43.7. The number of nitrogens with zero attached hydrogens (tertiary/aromatic N) is 1. The maximum Gasteiger partial charge on any atom is 0.416 e. The zero-order valence-corrected chi connectivity index (χ0v) is 16.3. The molecule has 1 atom stereocenters. The summed E-state index contributed by atoms with van der Waals surface area (Å²) in [6, 6.07) is 12.6. The third-order valence-corrected chi connectivity index (χ3v) is 4.97. The Labute approximate surface area is 168 Å². The summed E-state index contributed by atoms with van der Waals surface area (Å²) in [4.78, 5) is 14.6. The topological polar surface area (TPSA) is 41.6 Å². The van der Waals surface area contributed by atoms with Crippen molar-refractivity contribution in [2.45, 2.75) is 45.0 Å². The first-order valence-electron chi connectivity index (χ1n) is 9.78. The summed E-state index contributed by atoms with van der Waals surface area (Å²) in [5.41, 5.74) is 1.32. The van der Waals surface area contributed by atoms with Gasteiger partial charge >= 0.3 is 6.18 Å². The van der Waals surface area contributed by atoms with Gasteiger partial charge < -0.3 is 15.0 Å². The Balaban J connectivity index is 1.51. The number of nitrogens with one attached hydrogen (secondary N) is 1. The van der Waals surface area contributed by atoms with Crippen molar-refractivity contribution in [1.29, 1.82) is 0 Å². The van der Waals surface area contributed by atoms with Crippen LogP contribution in [-0.2, 0) is 17.5 Å². The highest BCUT2D eigenvalue weighted by Crippen LogP contribution is 2.31. The molecule has 3 rings (SSSR count). The minimum absolute atomic E-state index is 0.00774. The Bertz CT molecular complexity index is 816. The van der Waals surface area contributed by atoms with E-state index in [4.69, 9.17) is 4.74 Å². The van der Waals surface area contributed by atoms with Crippen molar-refractivity contribution in [2.75, 3.05) is 18.0 Å². The van der Waals surface area contributed by atoms with Gasteiger partial charge in [-0.25, -0.2) is 0 Å². The van der Waals surface area contributed by atoms with E-state index in [0.717, 1.165) is 30.8 Å². The van der Waals surface area contributed by atoms with E-state index in [1.54, 1.807) is 0 Å². The van der Waals surface area contributed by atoms with Gasteiger partial charge in [-0.05, 0) is 62.1 Å². The fourth-order valence-corrected chi connectivity index (χ4v) is 3.31. The molecule has 0 radical (unpaired) electrons. The number of benzene rings is 2. The number of amides is 1. The molecule has 0 aromatic heterocycles. The molecule has 1 amide bonds. The van der Waals surface area contributed by atoms with Gasteiger partial charge in [0, 0.05) is 25.3 Å². The van der Waals surface area contributed by atoms with Crippen LogP contribution >= 0.6 is 0 Å². The molecule has 1 aliphatic rings. The summed E-state index contributed by atoms with van der Waals surface area (Å²) in [5.74, 6) is -0.379. The summed E-state index contributed by atoms with van der Waals surface area (Å²) in [7, 11) is 0. The minimum atomic E-state index is -4.45. The van der Waals surface area contributed by atoms with Gasteiger partial charge in [0.25, 0.3) is 5.91 Å². The molecule has 0 aliphatic carbocycles. The van der Waals surface area contributed by atoms with E-state index < -0.39 is 17.8 Å². The molecule has 1 fully saturated rings. The molecule has 0 spiro atoms. The van der Waals surface area contributed by atoms with Gasteiger partial charge in [-0.2, -0.15) is 13.2 Å². The third kappa shape index (κ3) is 5.89. The van der Waals surface area contributed by atoms with Gasteiger partial charge in [0.05, 0.1) is 5.56 Å². The molecule has 1 saturated heterocycles. The van der Waals surface area contributed by atoms with Gasteiger partial charge in [-0.3, -0.25) is 4.79 Å². The number of carbonyl (C=O) groups is 1. The van der Waals surface area contributed by atoms with Crippen LogP contribution in [0.2, 0.25) is 0 Å². The second-order valence-corrected chi connectivity index (χ2v) is 7.22. The maximum atomic E-state index is 12.8. The van der Waals surface area contributed by atoms with E-state index >= 15 is 0 Å². The summed E-state index contributed by atoms with van der Waals surface area (Å²) >= 11 is 0. The number of alkyl halides is 3. The minimum Gasteiger partial charge on any atom is -0.481 e. The molecule has 2 aromatic carbocycles. The monoisotopic (exact) mass is 406 g/mol. The average Bonchev–Trinajstić information content (AvgIpc) is 2.72. The average molecular weight is 406 g/mol. The second kappa shape index (κ2) is 9.20. The number of ether oxygens (including phenoxy) is 1. The first-order valence-corrected chi connectivity index (χ1v) is 9.78. The largest absolute Gasteiger partial charge is 0.481 e. The van der Waals surface area contributed by atoms with Crippen molar-refractivity contribution >= 4 is 11.6 Å². The SMILES string of the molecule is CC(Oc1cccc(C(F)(F)F)c1)C(=O)NCc1ccc(N2CCCCC2)cc1. The van der Waals surface area contributed by atoms with Crippen molar-refractivity contribution in [1.82, 2.24) is 5.32 Å². The predicted octanol–water partition coefficient (Wildman–Crippen LogP) is 4.78. The smallest absolute Gasteiger partial charge is 0.416 e. The van der Waals surface area contributed by atoms with Crippen LogP contribution < -0.4 is 15.0 Å². The number of carbonyl (C=O) groups excluding carboxylic acids is 1. The van der Waals surface area contributed by atoms with E-state index in [1.807, 2.05) is 12.1 Å². The van der Waals surface area contributed by atoms with E-state index in [-0.39, 0.29) is 11.7 Å². The van der Waals surface area contributed by atoms with E-state index in [1.165, 1.54) is 44.0 Å². The Morgan fingerprint density at radius 2 is 1.79 bits per heavy atom. The molecule has 1 unspecified atom stereocenters. The summed E-state index contributed by atoms with van der Waals surface area (Å²) in [6.45, 7) is 3.98. The molecule has 1 aliphatic heterocycles. The van der Waals surface area contributed by atoms with Crippen LogP contribution in [0.5, 0.6) is 5.75 Å². The molecular formula is C22H25F3N2O2. The molecule has 1 heterocycles. The van der Waals surface area contributed by atoms with Gasteiger partial charge in [0.15, 0.2) is 6.10 Å². The second-order valence-electron chi connectivity index (χ2n) is 7.22. The van der Waals surface area contributed by atoms with Crippen molar-refractivity contribution in [3.05, 3.63) is 59.7 Å². The quantitative estimate of drug-likeness (QED) is 0.751. The lowest BCUT2D eigenvalue weighted by atomic mass is 10.1. The van der Waals surface area contributed by atoms with Gasteiger partial charge in [0.2, 0.25) is 0 Å². The first kappa shape index (κ1) is 21.0. The van der Waals surface area contributed by atoms with E-state index in [0.29, 0.717) is 6.54 Å². The molecule has 1 N–H and O–H groups in total. The normalized spacial score (nSPS) is 15.7. The zero-order chi connectivity index (χ0) is 20.9. The van der Waals surface area contributed by atoms with Crippen LogP contribution in [0.1, 0.15) is 37.3 Å². The van der Waals surface area contributed by atoms with Gasteiger partial charge in [-0.15, -0.1) is 0 Å². The number of hydrogen-bond acceptors (Lipinski definition) is 3. The van der Waals surface area contributed by atoms with Crippen molar-refractivity contribution in [3.8, 4) is 5.75 Å². The van der Waals surface area contributed by atoms with Gasteiger partial charge in [0.1, 0.15) is 5.75 Å². The van der Waals surface area contributed by atoms with Crippen LogP contribution in [0, 0.1) is 0 Å². The van der Waals surface area contributed by atoms with E-state index in [9.17, 15) is 18.0 Å². The number of hydrogen-bond donors (Lipinski definition) is 1. The highest BCUT2D eigenvalue weighted by Gasteiger charge is 2.30. The molecule has 7 heteroatoms. The number of rotatable bonds is 6. The number of halogens is 3. The van der Waals surface area contributed by atoms with Gasteiger partial charge in [-0.1, -0.05) is 18.2 Å². The molecule has 29 heavy (non-hydrogen) atoms. The summed E-state index contributed by atoms with van der Waals surface area (Å²) in [5, 5.41) is 2.76. The fourth-order valence-electron chi connectivity index (χ4n) is 3.31. The zero-order valence-electron chi connectivity index (χ0n) is 16.3. The highest BCUT2D eigenvalue weighted by atomic mass is 19.4. The molecule has 4 nitrogen and oxygen atoms in total. The third-order valence-electron chi connectivity index (χ3n) is 4.97.